The van der Waals surface area contributed by atoms with Crippen LogP contribution in [0.3, 0.4) is 0 Å². The zero-order chi connectivity index (χ0) is 15.5. The van der Waals surface area contributed by atoms with Crippen molar-refractivity contribution in [2.75, 3.05) is 11.1 Å². The van der Waals surface area contributed by atoms with E-state index >= 15 is 0 Å². The Morgan fingerprint density at radius 2 is 1.67 bits per heavy atom. The maximum atomic E-state index is 12.3. The normalized spacial score (nSPS) is 11.0. The van der Waals surface area contributed by atoms with Crippen molar-refractivity contribution in [3.05, 3.63) is 54.1 Å². The van der Waals surface area contributed by atoms with Crippen LogP contribution in [0.4, 0.5) is 24.5 Å². The average Bonchev–Trinajstić information content (AvgIpc) is 2.40. The van der Waals surface area contributed by atoms with Crippen molar-refractivity contribution in [2.24, 2.45) is 0 Å². The van der Waals surface area contributed by atoms with Gasteiger partial charge in [0.15, 0.2) is 5.75 Å². The number of rotatable bonds is 3. The lowest BCUT2D eigenvalue weighted by Gasteiger charge is -2.13. The number of halogens is 3. The van der Waals surface area contributed by atoms with E-state index in [9.17, 15) is 18.0 Å². The molecule has 0 spiro atoms. The van der Waals surface area contributed by atoms with Gasteiger partial charge < -0.3 is 15.8 Å². The fraction of sp³-hybridized carbons (Fsp3) is 0.0714. The standard InChI is InChI=1S/C14H11F3N2O2/c15-14(16,17)21-12-4-2-1-3-11(12)19-13(20)9-5-7-10(18)8-6-9/h1-8H,18H2,(H,19,20). The van der Waals surface area contributed by atoms with Crippen molar-refractivity contribution in [3.63, 3.8) is 0 Å². The molecule has 2 rings (SSSR count). The lowest BCUT2D eigenvalue weighted by molar-refractivity contribution is -0.274. The van der Waals surface area contributed by atoms with Gasteiger partial charge in [-0.2, -0.15) is 0 Å². The predicted octanol–water partition coefficient (Wildman–Crippen LogP) is 3.42. The molecule has 2 aromatic rings. The highest BCUT2D eigenvalue weighted by Gasteiger charge is 2.32. The van der Waals surface area contributed by atoms with Crippen LogP contribution in [0.2, 0.25) is 0 Å². The minimum Gasteiger partial charge on any atom is -0.404 e. The number of nitrogen functional groups attached to an aromatic ring is 1. The van der Waals surface area contributed by atoms with E-state index in [1.54, 1.807) is 0 Å². The number of nitrogens with two attached hydrogens (primary N) is 1. The van der Waals surface area contributed by atoms with Crippen molar-refractivity contribution in [1.29, 1.82) is 0 Å². The highest BCUT2D eigenvalue weighted by molar-refractivity contribution is 6.05. The number of benzene rings is 2. The van der Waals surface area contributed by atoms with Gasteiger partial charge in [0, 0.05) is 11.3 Å². The molecule has 0 unspecified atom stereocenters. The molecule has 0 heterocycles. The second-order valence-electron chi connectivity index (χ2n) is 4.12. The number of amides is 1. The van der Waals surface area contributed by atoms with Gasteiger partial charge in [0.05, 0.1) is 5.69 Å². The minimum atomic E-state index is -4.83. The third kappa shape index (κ3) is 4.13. The molecule has 0 aromatic heterocycles. The van der Waals surface area contributed by atoms with E-state index in [1.165, 1.54) is 42.5 Å². The molecule has 21 heavy (non-hydrogen) atoms. The van der Waals surface area contributed by atoms with Crippen LogP contribution in [0, 0.1) is 0 Å². The van der Waals surface area contributed by atoms with Crippen molar-refractivity contribution in [1.82, 2.24) is 0 Å². The quantitative estimate of drug-likeness (QED) is 0.853. The topological polar surface area (TPSA) is 64.4 Å². The predicted molar refractivity (Wildman–Crippen MR) is 71.9 cm³/mol. The number of carbonyl (C=O) groups excluding carboxylic acids is 1. The van der Waals surface area contributed by atoms with Gasteiger partial charge in [-0.05, 0) is 36.4 Å². The minimum absolute atomic E-state index is 0.0725. The SMILES string of the molecule is Nc1ccc(C(=O)Nc2ccccc2OC(F)(F)F)cc1. The van der Waals surface area contributed by atoms with Crippen LogP contribution in [0.1, 0.15) is 10.4 Å². The van der Waals surface area contributed by atoms with Gasteiger partial charge in [-0.15, -0.1) is 13.2 Å². The number of para-hydroxylation sites is 2. The Bertz CT molecular complexity index is 639. The Balaban J connectivity index is 2.19. The Morgan fingerprint density at radius 1 is 1.05 bits per heavy atom. The smallest absolute Gasteiger partial charge is 0.404 e. The van der Waals surface area contributed by atoms with Crippen LogP contribution in [-0.4, -0.2) is 12.3 Å². The highest BCUT2D eigenvalue weighted by Crippen LogP contribution is 2.30. The van der Waals surface area contributed by atoms with Crippen molar-refractivity contribution < 1.29 is 22.7 Å². The zero-order valence-electron chi connectivity index (χ0n) is 10.6. The molecule has 0 bridgehead atoms. The third-order valence-corrected chi connectivity index (χ3v) is 2.53. The van der Waals surface area contributed by atoms with Gasteiger partial charge in [0.1, 0.15) is 0 Å². The summed E-state index contributed by atoms with van der Waals surface area (Å²) >= 11 is 0. The molecule has 0 fully saturated rings. The monoisotopic (exact) mass is 296 g/mol. The number of anilines is 2. The van der Waals surface area contributed by atoms with E-state index in [0.29, 0.717) is 5.69 Å². The van der Waals surface area contributed by atoms with Gasteiger partial charge in [0.2, 0.25) is 0 Å². The molecule has 0 aliphatic heterocycles. The molecule has 4 nitrogen and oxygen atoms in total. The van der Waals surface area contributed by atoms with E-state index in [4.69, 9.17) is 5.73 Å². The van der Waals surface area contributed by atoms with Crippen molar-refractivity contribution >= 4 is 17.3 Å². The number of carbonyl (C=O) groups is 1. The highest BCUT2D eigenvalue weighted by atomic mass is 19.4. The van der Waals surface area contributed by atoms with Crippen LogP contribution in [0.15, 0.2) is 48.5 Å². The molecule has 0 saturated carbocycles. The molecular weight excluding hydrogens is 285 g/mol. The fourth-order valence-electron chi connectivity index (χ4n) is 1.61. The molecular formula is C14H11F3N2O2. The second kappa shape index (κ2) is 5.74. The molecule has 3 N–H and O–H groups in total. The number of nitrogens with one attached hydrogen (secondary N) is 1. The van der Waals surface area contributed by atoms with Crippen LogP contribution in [-0.2, 0) is 0 Å². The van der Waals surface area contributed by atoms with Gasteiger partial charge in [-0.1, -0.05) is 12.1 Å². The van der Waals surface area contributed by atoms with Gasteiger partial charge in [-0.25, -0.2) is 0 Å². The van der Waals surface area contributed by atoms with Gasteiger partial charge in [-0.3, -0.25) is 4.79 Å². The summed E-state index contributed by atoms with van der Waals surface area (Å²) < 4.78 is 40.7. The maximum absolute atomic E-state index is 12.3. The van der Waals surface area contributed by atoms with Gasteiger partial charge >= 0.3 is 6.36 Å². The van der Waals surface area contributed by atoms with Crippen LogP contribution in [0.25, 0.3) is 0 Å². The lowest BCUT2D eigenvalue weighted by Crippen LogP contribution is -2.19. The first-order valence-corrected chi connectivity index (χ1v) is 5.87. The van der Waals surface area contributed by atoms with E-state index < -0.39 is 18.0 Å². The molecule has 110 valence electrons. The fourth-order valence-corrected chi connectivity index (χ4v) is 1.61. The first-order valence-electron chi connectivity index (χ1n) is 5.87. The number of alkyl halides is 3. The van der Waals surface area contributed by atoms with Crippen LogP contribution < -0.4 is 15.8 Å². The van der Waals surface area contributed by atoms with Gasteiger partial charge in [0.25, 0.3) is 5.91 Å². The average molecular weight is 296 g/mol. The molecule has 0 radical (unpaired) electrons. The van der Waals surface area contributed by atoms with E-state index in [-0.39, 0.29) is 11.3 Å². The van der Waals surface area contributed by atoms with E-state index in [1.807, 2.05) is 0 Å². The Hall–Kier alpha value is -2.70. The van der Waals surface area contributed by atoms with Crippen LogP contribution in [0.5, 0.6) is 5.75 Å². The summed E-state index contributed by atoms with van der Waals surface area (Å²) in [5.74, 6) is -1.04. The molecule has 0 aliphatic carbocycles. The Kier molecular flexibility index (Phi) is 4.02. The Morgan fingerprint density at radius 3 is 2.29 bits per heavy atom. The largest absolute Gasteiger partial charge is 0.573 e. The molecule has 2 aromatic carbocycles. The maximum Gasteiger partial charge on any atom is 0.573 e. The molecule has 0 aliphatic rings. The molecule has 7 heteroatoms. The summed E-state index contributed by atoms with van der Waals surface area (Å²) in [4.78, 5) is 12.0. The first kappa shape index (κ1) is 14.7. The summed E-state index contributed by atoms with van der Waals surface area (Å²) in [6.45, 7) is 0. The molecule has 1 amide bonds. The Labute approximate surface area is 118 Å². The number of hydrogen-bond acceptors (Lipinski definition) is 3. The second-order valence-corrected chi connectivity index (χ2v) is 4.12. The summed E-state index contributed by atoms with van der Waals surface area (Å²) in [6, 6.07) is 11.3. The number of ether oxygens (including phenoxy) is 1. The molecule has 0 saturated heterocycles. The first-order chi connectivity index (χ1) is 9.85. The number of hydrogen-bond donors (Lipinski definition) is 2. The van der Waals surface area contributed by atoms with Crippen LogP contribution >= 0.6 is 0 Å². The zero-order valence-corrected chi connectivity index (χ0v) is 10.6. The summed E-state index contributed by atoms with van der Waals surface area (Å²) in [5, 5.41) is 2.36. The van der Waals surface area contributed by atoms with Crippen molar-refractivity contribution in [2.45, 2.75) is 6.36 Å². The van der Waals surface area contributed by atoms with E-state index in [0.717, 1.165) is 6.07 Å². The van der Waals surface area contributed by atoms with Crippen molar-refractivity contribution in [3.8, 4) is 5.75 Å². The third-order valence-electron chi connectivity index (χ3n) is 2.53. The lowest BCUT2D eigenvalue weighted by atomic mass is 10.2. The molecule has 0 atom stereocenters. The van der Waals surface area contributed by atoms with E-state index in [2.05, 4.69) is 10.1 Å². The summed E-state index contributed by atoms with van der Waals surface area (Å²) in [6.07, 6.45) is -4.83. The summed E-state index contributed by atoms with van der Waals surface area (Å²) in [7, 11) is 0. The summed E-state index contributed by atoms with van der Waals surface area (Å²) in [5.41, 5.74) is 6.17.